The fraction of sp³-hybridized carbons (Fsp3) is 0.438. The maximum atomic E-state index is 12.4. The summed E-state index contributed by atoms with van der Waals surface area (Å²) in [6.45, 7) is 3.88. The molecule has 1 aromatic carbocycles. The third-order valence-corrected chi connectivity index (χ3v) is 4.27. The molecule has 1 atom stereocenters. The van der Waals surface area contributed by atoms with E-state index >= 15 is 0 Å². The lowest BCUT2D eigenvalue weighted by molar-refractivity contribution is 0.0763. The Morgan fingerprint density at radius 2 is 2.20 bits per heavy atom. The van der Waals surface area contributed by atoms with Crippen molar-refractivity contribution in [2.75, 3.05) is 25.4 Å². The Kier molecular flexibility index (Phi) is 5.51. The first-order valence-electron chi connectivity index (χ1n) is 6.81. The van der Waals surface area contributed by atoms with Gasteiger partial charge in [-0.1, -0.05) is 18.8 Å². The summed E-state index contributed by atoms with van der Waals surface area (Å²) >= 11 is 1.92. The fourth-order valence-electron chi connectivity index (χ4n) is 2.10. The van der Waals surface area contributed by atoms with Crippen molar-refractivity contribution in [3.8, 4) is 11.8 Å². The molecule has 1 aliphatic rings. The van der Waals surface area contributed by atoms with Crippen LogP contribution in [0.5, 0.6) is 0 Å². The van der Waals surface area contributed by atoms with Crippen molar-refractivity contribution < 1.29 is 9.90 Å². The van der Waals surface area contributed by atoms with Gasteiger partial charge in [-0.25, -0.2) is 0 Å². The summed E-state index contributed by atoms with van der Waals surface area (Å²) in [6, 6.07) is 7.38. The van der Waals surface area contributed by atoms with Crippen LogP contribution >= 0.6 is 11.8 Å². The number of thioether (sulfide) groups is 1. The van der Waals surface area contributed by atoms with Crippen LogP contribution < -0.4 is 0 Å². The molecule has 1 amide bonds. The SMILES string of the molecule is CC1CN(C(=O)c2ccc(C#CCCO)cc2)CCS1. The Labute approximate surface area is 124 Å². The average Bonchev–Trinajstić information content (AvgIpc) is 2.47. The molecule has 1 fully saturated rings. The number of carbonyl (C=O) groups is 1. The molecule has 1 aromatic rings. The Bertz CT molecular complexity index is 516. The molecule has 3 nitrogen and oxygen atoms in total. The quantitative estimate of drug-likeness (QED) is 0.847. The van der Waals surface area contributed by atoms with Gasteiger partial charge in [0.2, 0.25) is 0 Å². The fourth-order valence-corrected chi connectivity index (χ4v) is 3.12. The van der Waals surface area contributed by atoms with Crippen LogP contribution in [0.4, 0.5) is 0 Å². The topological polar surface area (TPSA) is 40.5 Å². The average molecular weight is 289 g/mol. The van der Waals surface area contributed by atoms with Crippen LogP contribution in [-0.2, 0) is 0 Å². The molecule has 1 heterocycles. The lowest BCUT2D eigenvalue weighted by atomic mass is 10.1. The summed E-state index contributed by atoms with van der Waals surface area (Å²) in [6.07, 6.45) is 0.476. The van der Waals surface area contributed by atoms with Crippen LogP contribution in [0.3, 0.4) is 0 Å². The number of aliphatic hydroxyl groups excluding tert-OH is 1. The number of amides is 1. The Balaban J connectivity index is 2.02. The summed E-state index contributed by atoms with van der Waals surface area (Å²) in [5.74, 6) is 6.95. The molecule has 0 aliphatic carbocycles. The van der Waals surface area contributed by atoms with Gasteiger partial charge in [0.05, 0.1) is 6.61 Å². The van der Waals surface area contributed by atoms with Crippen molar-refractivity contribution in [2.24, 2.45) is 0 Å². The van der Waals surface area contributed by atoms with Gasteiger partial charge in [0.15, 0.2) is 0 Å². The van der Waals surface area contributed by atoms with Crippen molar-refractivity contribution in [1.29, 1.82) is 0 Å². The van der Waals surface area contributed by atoms with E-state index in [9.17, 15) is 4.79 Å². The number of benzene rings is 1. The molecule has 20 heavy (non-hydrogen) atoms. The van der Waals surface area contributed by atoms with Crippen molar-refractivity contribution >= 4 is 17.7 Å². The summed E-state index contributed by atoms with van der Waals surface area (Å²) in [5, 5.41) is 9.18. The largest absolute Gasteiger partial charge is 0.395 e. The molecule has 2 rings (SSSR count). The molecule has 0 aromatic heterocycles. The molecule has 0 radical (unpaired) electrons. The lowest BCUT2D eigenvalue weighted by Crippen LogP contribution is -2.40. The van der Waals surface area contributed by atoms with E-state index in [4.69, 9.17) is 5.11 Å². The standard InChI is InChI=1S/C16H19NO2S/c1-13-12-17(9-11-20-13)16(19)15-7-5-14(6-8-15)4-2-3-10-18/h5-8,13,18H,3,9-12H2,1H3. The smallest absolute Gasteiger partial charge is 0.253 e. The maximum absolute atomic E-state index is 12.4. The second kappa shape index (κ2) is 7.37. The van der Waals surface area contributed by atoms with Gasteiger partial charge < -0.3 is 10.0 Å². The van der Waals surface area contributed by atoms with Crippen molar-refractivity contribution in [2.45, 2.75) is 18.6 Å². The van der Waals surface area contributed by atoms with Gasteiger partial charge >= 0.3 is 0 Å². The van der Waals surface area contributed by atoms with Gasteiger partial charge in [0.25, 0.3) is 5.91 Å². The molecule has 1 N–H and O–H groups in total. The monoisotopic (exact) mass is 289 g/mol. The van der Waals surface area contributed by atoms with Gasteiger partial charge in [-0.3, -0.25) is 4.79 Å². The lowest BCUT2D eigenvalue weighted by Gasteiger charge is -2.30. The number of aliphatic hydroxyl groups is 1. The Morgan fingerprint density at radius 3 is 2.85 bits per heavy atom. The summed E-state index contributed by atoms with van der Waals surface area (Å²) < 4.78 is 0. The van der Waals surface area contributed by atoms with Gasteiger partial charge in [-0.15, -0.1) is 0 Å². The minimum atomic E-state index is 0.0781. The number of rotatable bonds is 2. The predicted molar refractivity (Wildman–Crippen MR) is 82.8 cm³/mol. The zero-order valence-corrected chi connectivity index (χ0v) is 12.4. The highest BCUT2D eigenvalue weighted by Crippen LogP contribution is 2.19. The van der Waals surface area contributed by atoms with E-state index in [1.54, 1.807) is 0 Å². The van der Waals surface area contributed by atoms with Gasteiger partial charge in [0.1, 0.15) is 0 Å². The van der Waals surface area contributed by atoms with Crippen LogP contribution in [0.15, 0.2) is 24.3 Å². The van der Waals surface area contributed by atoms with Crippen LogP contribution in [0.2, 0.25) is 0 Å². The van der Waals surface area contributed by atoms with E-state index in [1.807, 2.05) is 40.9 Å². The molecule has 0 saturated carbocycles. The van der Waals surface area contributed by atoms with E-state index < -0.39 is 0 Å². The number of nitrogens with zero attached hydrogens (tertiary/aromatic N) is 1. The maximum Gasteiger partial charge on any atom is 0.253 e. The Hall–Kier alpha value is -1.44. The van der Waals surface area contributed by atoms with Gasteiger partial charge in [-0.2, -0.15) is 11.8 Å². The molecule has 106 valence electrons. The molecule has 0 spiro atoms. The van der Waals surface area contributed by atoms with Crippen molar-refractivity contribution in [1.82, 2.24) is 4.90 Å². The molecule has 1 aliphatic heterocycles. The number of hydrogen-bond donors (Lipinski definition) is 1. The highest BCUT2D eigenvalue weighted by molar-refractivity contribution is 7.99. The van der Waals surface area contributed by atoms with Crippen LogP contribution in [0, 0.1) is 11.8 Å². The van der Waals surface area contributed by atoms with E-state index in [2.05, 4.69) is 18.8 Å². The first-order chi connectivity index (χ1) is 9.70. The zero-order valence-electron chi connectivity index (χ0n) is 11.6. The minimum Gasteiger partial charge on any atom is -0.395 e. The highest BCUT2D eigenvalue weighted by Gasteiger charge is 2.22. The summed E-state index contributed by atoms with van der Waals surface area (Å²) in [5.41, 5.74) is 1.59. The van der Waals surface area contributed by atoms with Gasteiger partial charge in [0, 0.05) is 41.6 Å². The van der Waals surface area contributed by atoms with E-state index in [1.165, 1.54) is 0 Å². The van der Waals surface area contributed by atoms with Crippen molar-refractivity contribution in [3.63, 3.8) is 0 Å². The minimum absolute atomic E-state index is 0.0781. The van der Waals surface area contributed by atoms with Crippen LogP contribution in [-0.4, -0.2) is 46.6 Å². The molecule has 1 unspecified atom stereocenters. The van der Waals surface area contributed by atoms with E-state index in [0.29, 0.717) is 11.7 Å². The normalized spacial score (nSPS) is 18.3. The second-order valence-electron chi connectivity index (χ2n) is 4.79. The Morgan fingerprint density at radius 1 is 1.45 bits per heavy atom. The highest BCUT2D eigenvalue weighted by atomic mass is 32.2. The molecular formula is C16H19NO2S. The molecule has 4 heteroatoms. The molecular weight excluding hydrogens is 270 g/mol. The third kappa shape index (κ3) is 4.03. The number of hydrogen-bond acceptors (Lipinski definition) is 3. The van der Waals surface area contributed by atoms with Crippen LogP contribution in [0.1, 0.15) is 29.3 Å². The first-order valence-corrected chi connectivity index (χ1v) is 7.86. The first kappa shape index (κ1) is 15.0. The van der Waals surface area contributed by atoms with Gasteiger partial charge in [-0.05, 0) is 24.3 Å². The summed E-state index contributed by atoms with van der Waals surface area (Å²) in [4.78, 5) is 14.3. The second-order valence-corrected chi connectivity index (χ2v) is 6.33. The number of carbonyl (C=O) groups excluding carboxylic acids is 1. The van der Waals surface area contributed by atoms with E-state index in [-0.39, 0.29) is 12.5 Å². The zero-order chi connectivity index (χ0) is 14.4. The van der Waals surface area contributed by atoms with Crippen molar-refractivity contribution in [3.05, 3.63) is 35.4 Å². The molecule has 0 bridgehead atoms. The van der Waals surface area contributed by atoms with E-state index in [0.717, 1.165) is 30.0 Å². The van der Waals surface area contributed by atoms with Crippen LogP contribution in [0.25, 0.3) is 0 Å². The summed E-state index contributed by atoms with van der Waals surface area (Å²) in [7, 11) is 0. The predicted octanol–water partition coefficient (Wildman–Crippen LogP) is 2.00. The molecule has 1 saturated heterocycles. The third-order valence-electron chi connectivity index (χ3n) is 3.13.